The van der Waals surface area contributed by atoms with Crippen LogP contribution in [0.5, 0.6) is 5.75 Å². The van der Waals surface area contributed by atoms with E-state index in [9.17, 15) is 9.59 Å². The van der Waals surface area contributed by atoms with Crippen molar-refractivity contribution in [2.24, 2.45) is 5.73 Å². The number of nitrogens with two attached hydrogens (primary N) is 1. The van der Waals surface area contributed by atoms with E-state index in [0.717, 1.165) is 24.0 Å². The number of carbonyl (C=O) groups is 2. The molecule has 0 unspecified atom stereocenters. The second-order valence-electron chi connectivity index (χ2n) is 6.33. The molecule has 0 spiro atoms. The number of fused-ring (bicyclic) bond motifs is 1. The highest BCUT2D eigenvalue weighted by atomic mass is 16.5. The van der Waals surface area contributed by atoms with E-state index in [1.54, 1.807) is 30.3 Å². The van der Waals surface area contributed by atoms with Gasteiger partial charge >= 0.3 is 0 Å². The third-order valence-electron chi connectivity index (χ3n) is 4.32. The lowest BCUT2D eigenvalue weighted by Gasteiger charge is -2.06. The molecule has 1 aliphatic carbocycles. The van der Waals surface area contributed by atoms with Gasteiger partial charge in [-0.25, -0.2) is 0 Å². The van der Waals surface area contributed by atoms with Gasteiger partial charge in [0.1, 0.15) is 5.75 Å². The summed E-state index contributed by atoms with van der Waals surface area (Å²) in [5.41, 5.74) is 9.86. The van der Waals surface area contributed by atoms with Crippen molar-refractivity contribution in [3.8, 4) is 5.75 Å². The second-order valence-corrected chi connectivity index (χ2v) is 6.33. The maximum Gasteiger partial charge on any atom is 0.255 e. The molecule has 0 aliphatic heterocycles. The van der Waals surface area contributed by atoms with Crippen LogP contribution in [0.15, 0.2) is 48.5 Å². The standard InChI is InChI=1S/C21H22N2O3/c22-20(24)14-26-19-9-5-15(6-10-19)7-11-21(25)23-13-16-4-8-17-2-1-3-18(17)12-16/h4-12H,1-3,13-14H2,(H2,22,24)(H,23,25). The van der Waals surface area contributed by atoms with E-state index < -0.39 is 5.91 Å². The molecule has 3 rings (SSSR count). The molecule has 0 atom stereocenters. The first-order valence-electron chi connectivity index (χ1n) is 8.68. The van der Waals surface area contributed by atoms with Crippen LogP contribution in [0.4, 0.5) is 0 Å². The van der Waals surface area contributed by atoms with E-state index in [1.807, 2.05) is 0 Å². The fourth-order valence-corrected chi connectivity index (χ4v) is 2.98. The first-order chi connectivity index (χ1) is 12.6. The van der Waals surface area contributed by atoms with Crippen LogP contribution in [0.25, 0.3) is 6.08 Å². The van der Waals surface area contributed by atoms with Crippen LogP contribution in [-0.2, 0) is 29.0 Å². The van der Waals surface area contributed by atoms with Gasteiger partial charge in [-0.3, -0.25) is 9.59 Å². The summed E-state index contributed by atoms with van der Waals surface area (Å²) in [6.07, 6.45) is 6.76. The number of nitrogens with one attached hydrogen (secondary N) is 1. The van der Waals surface area contributed by atoms with E-state index in [-0.39, 0.29) is 12.5 Å². The summed E-state index contributed by atoms with van der Waals surface area (Å²) in [4.78, 5) is 22.7. The molecule has 0 saturated carbocycles. The molecule has 134 valence electrons. The Balaban J connectivity index is 1.49. The average Bonchev–Trinajstić information content (AvgIpc) is 3.11. The quantitative estimate of drug-likeness (QED) is 0.752. The Morgan fingerprint density at radius 3 is 2.62 bits per heavy atom. The average molecular weight is 350 g/mol. The van der Waals surface area contributed by atoms with Gasteiger partial charge < -0.3 is 15.8 Å². The fourth-order valence-electron chi connectivity index (χ4n) is 2.98. The summed E-state index contributed by atoms with van der Waals surface area (Å²) < 4.78 is 5.19. The van der Waals surface area contributed by atoms with Gasteiger partial charge in [0.2, 0.25) is 5.91 Å². The zero-order valence-corrected chi connectivity index (χ0v) is 14.5. The van der Waals surface area contributed by atoms with Gasteiger partial charge in [-0.05, 0) is 59.7 Å². The SMILES string of the molecule is NC(=O)COc1ccc(C=CC(=O)NCc2ccc3c(c2)CCC3)cc1. The van der Waals surface area contributed by atoms with Gasteiger partial charge in [0.15, 0.2) is 6.61 Å². The maximum atomic E-state index is 12.0. The molecule has 0 saturated heterocycles. The third-order valence-corrected chi connectivity index (χ3v) is 4.32. The number of rotatable bonds is 7. The summed E-state index contributed by atoms with van der Waals surface area (Å²) in [6, 6.07) is 13.5. The lowest BCUT2D eigenvalue weighted by Crippen LogP contribution is -2.20. The lowest BCUT2D eigenvalue weighted by atomic mass is 10.1. The number of hydrogen-bond acceptors (Lipinski definition) is 3. The molecule has 5 nitrogen and oxygen atoms in total. The lowest BCUT2D eigenvalue weighted by molar-refractivity contribution is -0.120. The van der Waals surface area contributed by atoms with E-state index in [0.29, 0.717) is 12.3 Å². The van der Waals surface area contributed by atoms with E-state index in [1.165, 1.54) is 23.6 Å². The van der Waals surface area contributed by atoms with Crippen LogP contribution in [0.3, 0.4) is 0 Å². The number of ether oxygens (including phenoxy) is 1. The van der Waals surface area contributed by atoms with Gasteiger partial charge in [0.25, 0.3) is 5.91 Å². The van der Waals surface area contributed by atoms with Crippen LogP contribution in [0, 0.1) is 0 Å². The second kappa shape index (κ2) is 8.34. The first-order valence-corrected chi connectivity index (χ1v) is 8.68. The monoisotopic (exact) mass is 350 g/mol. The van der Waals surface area contributed by atoms with Crippen molar-refractivity contribution in [1.29, 1.82) is 0 Å². The Bertz CT molecular complexity index is 826. The van der Waals surface area contributed by atoms with E-state index in [2.05, 4.69) is 23.5 Å². The van der Waals surface area contributed by atoms with Crippen LogP contribution < -0.4 is 15.8 Å². The number of hydrogen-bond donors (Lipinski definition) is 2. The molecule has 2 aromatic carbocycles. The van der Waals surface area contributed by atoms with Crippen molar-refractivity contribution in [2.75, 3.05) is 6.61 Å². The zero-order chi connectivity index (χ0) is 18.4. The van der Waals surface area contributed by atoms with Crippen LogP contribution in [0.2, 0.25) is 0 Å². The van der Waals surface area contributed by atoms with Crippen molar-refractivity contribution in [3.05, 3.63) is 70.8 Å². The molecular formula is C21H22N2O3. The molecule has 0 bridgehead atoms. The normalized spacial score (nSPS) is 12.8. The van der Waals surface area contributed by atoms with Crippen LogP contribution >= 0.6 is 0 Å². The molecule has 3 N–H and O–H groups in total. The van der Waals surface area contributed by atoms with Crippen molar-refractivity contribution in [2.45, 2.75) is 25.8 Å². The molecule has 26 heavy (non-hydrogen) atoms. The van der Waals surface area contributed by atoms with Crippen molar-refractivity contribution >= 4 is 17.9 Å². The van der Waals surface area contributed by atoms with Gasteiger partial charge in [0, 0.05) is 12.6 Å². The predicted molar refractivity (Wildman–Crippen MR) is 100 cm³/mol. The fraction of sp³-hybridized carbons (Fsp3) is 0.238. The summed E-state index contributed by atoms with van der Waals surface area (Å²) in [5.74, 6) is -0.101. The van der Waals surface area contributed by atoms with E-state index >= 15 is 0 Å². The Hall–Kier alpha value is -3.08. The predicted octanol–water partition coefficient (Wildman–Crippen LogP) is 2.37. The van der Waals surface area contributed by atoms with Crippen molar-refractivity contribution in [1.82, 2.24) is 5.32 Å². The largest absolute Gasteiger partial charge is 0.484 e. The third kappa shape index (κ3) is 4.96. The molecule has 0 heterocycles. The molecular weight excluding hydrogens is 328 g/mol. The first kappa shape index (κ1) is 17.7. The number of amides is 2. The summed E-state index contributed by atoms with van der Waals surface area (Å²) in [5, 5.41) is 2.90. The number of aryl methyl sites for hydroxylation is 2. The molecule has 0 fully saturated rings. The Morgan fingerprint density at radius 1 is 1.08 bits per heavy atom. The molecule has 0 radical (unpaired) electrons. The maximum absolute atomic E-state index is 12.0. The smallest absolute Gasteiger partial charge is 0.255 e. The molecule has 5 heteroatoms. The highest BCUT2D eigenvalue weighted by Gasteiger charge is 2.10. The minimum Gasteiger partial charge on any atom is -0.484 e. The number of benzene rings is 2. The highest BCUT2D eigenvalue weighted by molar-refractivity contribution is 5.91. The minimum atomic E-state index is -0.519. The van der Waals surface area contributed by atoms with E-state index in [4.69, 9.17) is 10.5 Å². The summed E-state index contributed by atoms with van der Waals surface area (Å²) >= 11 is 0. The summed E-state index contributed by atoms with van der Waals surface area (Å²) in [7, 11) is 0. The summed E-state index contributed by atoms with van der Waals surface area (Å²) in [6.45, 7) is 0.372. The number of primary amides is 1. The Labute approximate surface area is 152 Å². The topological polar surface area (TPSA) is 81.4 Å². The van der Waals surface area contributed by atoms with Gasteiger partial charge in [-0.15, -0.1) is 0 Å². The highest BCUT2D eigenvalue weighted by Crippen LogP contribution is 2.22. The van der Waals surface area contributed by atoms with Gasteiger partial charge in [-0.2, -0.15) is 0 Å². The van der Waals surface area contributed by atoms with Crippen molar-refractivity contribution < 1.29 is 14.3 Å². The zero-order valence-electron chi connectivity index (χ0n) is 14.5. The molecule has 2 aromatic rings. The Kier molecular flexibility index (Phi) is 5.69. The van der Waals surface area contributed by atoms with Crippen LogP contribution in [0.1, 0.15) is 28.7 Å². The van der Waals surface area contributed by atoms with Gasteiger partial charge in [-0.1, -0.05) is 30.3 Å². The molecule has 0 aromatic heterocycles. The Morgan fingerprint density at radius 2 is 1.85 bits per heavy atom. The molecule has 2 amide bonds. The van der Waals surface area contributed by atoms with Crippen molar-refractivity contribution in [3.63, 3.8) is 0 Å². The van der Waals surface area contributed by atoms with Gasteiger partial charge in [0.05, 0.1) is 0 Å². The number of carbonyl (C=O) groups excluding carboxylic acids is 2. The minimum absolute atomic E-state index is 0.139. The van der Waals surface area contributed by atoms with Crippen LogP contribution in [-0.4, -0.2) is 18.4 Å². The molecule has 1 aliphatic rings.